The molecular weight excluding hydrogens is 722 g/mol. The maximum Gasteiger partial charge on any atom is 0.410 e. The van der Waals surface area contributed by atoms with Gasteiger partial charge >= 0.3 is 12.2 Å². The van der Waals surface area contributed by atoms with Crippen molar-refractivity contribution in [1.29, 1.82) is 0 Å². The number of benzene rings is 1. The van der Waals surface area contributed by atoms with Crippen molar-refractivity contribution in [2.24, 2.45) is 5.92 Å². The predicted octanol–water partition coefficient (Wildman–Crippen LogP) is 4.31. The second kappa shape index (κ2) is 15.1. The summed E-state index contributed by atoms with van der Waals surface area (Å²) in [5, 5.41) is 5.50. The molecule has 5 amide bonds. The lowest BCUT2D eigenvalue weighted by Crippen LogP contribution is -2.58. The van der Waals surface area contributed by atoms with Gasteiger partial charge in [0, 0.05) is 24.4 Å². The fraction of sp³-hybridized carbons (Fsp3) is 0.658. The van der Waals surface area contributed by atoms with Crippen LogP contribution in [-0.2, 0) is 47.0 Å². The van der Waals surface area contributed by atoms with Gasteiger partial charge < -0.3 is 25.0 Å². The van der Waals surface area contributed by atoms with Gasteiger partial charge in [0.05, 0.1) is 17.8 Å². The van der Waals surface area contributed by atoms with Crippen molar-refractivity contribution in [3.63, 3.8) is 0 Å². The van der Waals surface area contributed by atoms with E-state index in [1.54, 1.807) is 32.9 Å². The van der Waals surface area contributed by atoms with Crippen molar-refractivity contribution in [2.45, 2.75) is 145 Å². The van der Waals surface area contributed by atoms with Crippen LogP contribution < -0.4 is 15.4 Å². The molecule has 1 aromatic carbocycles. The summed E-state index contributed by atoms with van der Waals surface area (Å²) in [6, 6.07) is 2.29. The van der Waals surface area contributed by atoms with E-state index in [1.807, 2.05) is 19.1 Å². The molecule has 0 spiro atoms. The molecule has 3 N–H and O–H groups in total. The van der Waals surface area contributed by atoms with Gasteiger partial charge in [-0.25, -0.2) is 22.4 Å². The molecule has 2 saturated carbocycles. The Labute approximate surface area is 316 Å². The van der Waals surface area contributed by atoms with E-state index < -0.39 is 85.7 Å². The largest absolute Gasteiger partial charge is 0.444 e. The topological polar surface area (TPSA) is 181 Å². The van der Waals surface area contributed by atoms with Crippen LogP contribution in [0.1, 0.15) is 109 Å². The lowest BCUT2D eigenvalue weighted by Gasteiger charge is -2.30. The SMILES string of the molecule is CCCC1(S(=O)(=O)NC(=O)[C@@]23C[C@H]2C=CCCCCC[C@H](NC(=O)OC(C)(C)C)C(=O)N2C[C@H](OC(=O)N4Cc5cccc(F)c5C4)C[C@H]2C(=O)N3)CC1. The number of alkyl carbamates (subject to hydrolysis) is 1. The van der Waals surface area contributed by atoms with Gasteiger partial charge in [0.1, 0.15) is 35.1 Å². The van der Waals surface area contributed by atoms with Crippen molar-refractivity contribution in [3.8, 4) is 0 Å². The predicted molar refractivity (Wildman–Crippen MR) is 194 cm³/mol. The van der Waals surface area contributed by atoms with E-state index in [0.29, 0.717) is 49.7 Å². The summed E-state index contributed by atoms with van der Waals surface area (Å²) in [4.78, 5) is 71.5. The number of hydrogen-bond acceptors (Lipinski definition) is 9. The van der Waals surface area contributed by atoms with Crippen molar-refractivity contribution in [1.82, 2.24) is 25.2 Å². The Morgan fingerprint density at radius 3 is 2.54 bits per heavy atom. The van der Waals surface area contributed by atoms with E-state index in [1.165, 1.54) is 15.9 Å². The van der Waals surface area contributed by atoms with E-state index in [-0.39, 0.29) is 38.9 Å². The number of halogens is 1. The van der Waals surface area contributed by atoms with Crippen LogP contribution in [0, 0.1) is 11.7 Å². The first kappa shape index (κ1) is 39.5. The molecule has 0 unspecified atom stereocenters. The van der Waals surface area contributed by atoms with Gasteiger partial charge in [-0.05, 0) is 77.3 Å². The molecule has 14 nitrogen and oxygen atoms in total. The number of allylic oxidation sites excluding steroid dienone is 1. The first-order valence-electron chi connectivity index (χ1n) is 19.0. The van der Waals surface area contributed by atoms with Crippen LogP contribution in [0.15, 0.2) is 30.4 Å². The first-order chi connectivity index (χ1) is 25.5. The second-order valence-corrected chi connectivity index (χ2v) is 18.5. The van der Waals surface area contributed by atoms with E-state index in [4.69, 9.17) is 9.47 Å². The number of nitrogens with zero attached hydrogens (tertiary/aromatic N) is 2. The number of hydrogen-bond donors (Lipinski definition) is 3. The summed E-state index contributed by atoms with van der Waals surface area (Å²) in [6.45, 7) is 6.90. The summed E-state index contributed by atoms with van der Waals surface area (Å²) in [5.74, 6) is -3.06. The lowest BCUT2D eigenvalue weighted by molar-refractivity contribution is -0.141. The zero-order valence-electron chi connectivity index (χ0n) is 31.5. The maximum atomic E-state index is 14.4. The monoisotopic (exact) mass is 773 g/mol. The third-order valence-electron chi connectivity index (χ3n) is 11.1. The summed E-state index contributed by atoms with van der Waals surface area (Å²) >= 11 is 0. The standard InChI is InChI=1S/C38H52FN5O9S/c1-5-16-37(17-18-37)54(50,51)42-33(47)38-20-25(38)13-9-7-6-8-10-15-29(40-34(48)53-36(2,3)4)32(46)44-22-26(19-30(44)31(45)41-38)52-35(49)43-21-24-12-11-14-28(39)27(24)23-43/h9,11-14,25-26,29-30H,5-8,10,15-23H2,1-4H3,(H,40,48)(H,41,45)(H,42,47)/t25-,26-,29+,30+,38-/m1/s1. The number of sulfonamides is 1. The van der Waals surface area contributed by atoms with E-state index in [2.05, 4.69) is 15.4 Å². The summed E-state index contributed by atoms with van der Waals surface area (Å²) in [6.07, 6.45) is 6.15. The maximum absolute atomic E-state index is 14.4. The number of ether oxygens (including phenoxy) is 2. The van der Waals surface area contributed by atoms with Gasteiger partial charge in [0.25, 0.3) is 5.91 Å². The molecule has 296 valence electrons. The quantitative estimate of drug-likeness (QED) is 0.341. The Morgan fingerprint density at radius 2 is 1.85 bits per heavy atom. The molecule has 5 aliphatic rings. The highest BCUT2D eigenvalue weighted by Crippen LogP contribution is 2.49. The average molecular weight is 774 g/mol. The van der Waals surface area contributed by atoms with E-state index >= 15 is 0 Å². The van der Waals surface area contributed by atoms with Crippen molar-refractivity contribution >= 4 is 39.9 Å². The smallest absolute Gasteiger partial charge is 0.410 e. The number of nitrogens with one attached hydrogen (secondary N) is 3. The molecule has 16 heteroatoms. The average Bonchev–Trinajstić information content (AvgIpc) is 3.91. The van der Waals surface area contributed by atoms with E-state index in [9.17, 15) is 36.8 Å². The van der Waals surface area contributed by atoms with Gasteiger partial charge in [0.2, 0.25) is 21.8 Å². The van der Waals surface area contributed by atoms with Crippen LogP contribution in [0.3, 0.4) is 0 Å². The molecule has 1 saturated heterocycles. The highest BCUT2D eigenvalue weighted by molar-refractivity contribution is 7.91. The summed E-state index contributed by atoms with van der Waals surface area (Å²) in [5.41, 5.74) is -1.38. The Morgan fingerprint density at radius 1 is 1.09 bits per heavy atom. The minimum Gasteiger partial charge on any atom is -0.444 e. The highest BCUT2D eigenvalue weighted by Gasteiger charge is 2.63. The minimum atomic E-state index is -4.04. The number of carbonyl (C=O) groups excluding carboxylic acids is 5. The summed E-state index contributed by atoms with van der Waals surface area (Å²) in [7, 11) is -4.04. The molecule has 3 heterocycles. The van der Waals surface area contributed by atoms with Crippen molar-refractivity contribution in [2.75, 3.05) is 6.54 Å². The van der Waals surface area contributed by atoms with Gasteiger partial charge in [0.15, 0.2) is 0 Å². The lowest BCUT2D eigenvalue weighted by atomic mass is 10.0. The molecular formula is C38H52FN5O9S. The van der Waals surface area contributed by atoms with Crippen LogP contribution in [0.5, 0.6) is 0 Å². The van der Waals surface area contributed by atoms with Crippen LogP contribution in [0.25, 0.3) is 0 Å². The number of carbonyl (C=O) groups is 5. The Kier molecular flexibility index (Phi) is 11.1. The van der Waals surface area contributed by atoms with Gasteiger partial charge in [-0.1, -0.05) is 50.5 Å². The third kappa shape index (κ3) is 8.37. The fourth-order valence-corrected chi connectivity index (χ4v) is 9.67. The molecule has 1 aromatic rings. The molecule has 0 aromatic heterocycles. The molecule has 6 rings (SSSR count). The molecule has 0 bridgehead atoms. The zero-order chi connectivity index (χ0) is 39.1. The molecule has 5 atom stereocenters. The molecule has 54 heavy (non-hydrogen) atoms. The van der Waals surface area contributed by atoms with Crippen molar-refractivity contribution < 1.29 is 46.3 Å². The third-order valence-corrected chi connectivity index (χ3v) is 13.3. The van der Waals surface area contributed by atoms with Crippen molar-refractivity contribution in [3.05, 3.63) is 47.3 Å². The Bertz CT molecular complexity index is 1810. The van der Waals surface area contributed by atoms with Crippen LogP contribution >= 0.6 is 0 Å². The first-order valence-corrected chi connectivity index (χ1v) is 20.5. The van der Waals surface area contributed by atoms with Gasteiger partial charge in [-0.15, -0.1) is 0 Å². The Hall–Kier alpha value is -4.21. The number of amides is 5. The number of fused-ring (bicyclic) bond motifs is 3. The molecule has 2 aliphatic carbocycles. The molecule has 3 fully saturated rings. The highest BCUT2D eigenvalue weighted by atomic mass is 32.2. The fourth-order valence-electron chi connectivity index (χ4n) is 7.91. The summed E-state index contributed by atoms with van der Waals surface area (Å²) < 4.78 is 53.9. The Balaban J connectivity index is 1.26. The minimum absolute atomic E-state index is 0.00299. The van der Waals surface area contributed by atoms with Gasteiger partial charge in [-0.3, -0.25) is 24.0 Å². The van der Waals surface area contributed by atoms with E-state index in [0.717, 1.165) is 12.8 Å². The zero-order valence-corrected chi connectivity index (χ0v) is 32.3. The second-order valence-electron chi connectivity index (χ2n) is 16.4. The van der Waals surface area contributed by atoms with Crippen LogP contribution in [-0.4, -0.2) is 88.7 Å². The van der Waals surface area contributed by atoms with Crippen LogP contribution in [0.4, 0.5) is 14.0 Å². The normalized spacial score (nSPS) is 28.0. The molecule has 3 aliphatic heterocycles. The number of rotatable bonds is 7. The van der Waals surface area contributed by atoms with Crippen LogP contribution in [0.2, 0.25) is 0 Å². The van der Waals surface area contributed by atoms with Gasteiger partial charge in [-0.2, -0.15) is 0 Å². The molecule has 0 radical (unpaired) electrons.